The van der Waals surface area contributed by atoms with Gasteiger partial charge in [0.05, 0.1) is 17.9 Å². The zero-order valence-electron chi connectivity index (χ0n) is 13.6. The molecular weight excluding hydrogens is 268 g/mol. The molecule has 0 saturated carbocycles. The third-order valence-corrected chi connectivity index (χ3v) is 4.73. The van der Waals surface area contributed by atoms with Crippen LogP contribution < -0.4 is 0 Å². The van der Waals surface area contributed by atoms with Crippen LogP contribution in [0.5, 0.6) is 0 Å². The van der Waals surface area contributed by atoms with Crippen LogP contribution in [0.15, 0.2) is 48.9 Å². The number of nitrogens with one attached hydrogen (secondary N) is 1. The van der Waals surface area contributed by atoms with E-state index < -0.39 is 0 Å². The Morgan fingerprint density at radius 3 is 1.82 bits per heavy atom. The van der Waals surface area contributed by atoms with E-state index in [0.29, 0.717) is 0 Å². The molecule has 0 aliphatic heterocycles. The Bertz CT molecular complexity index is 734. The van der Waals surface area contributed by atoms with Crippen molar-refractivity contribution in [3.05, 3.63) is 88.0 Å². The number of hydrogen-bond donors (Lipinski definition) is 1. The number of aryl methyl sites for hydroxylation is 2. The third-order valence-electron chi connectivity index (χ3n) is 4.73. The molecule has 0 spiro atoms. The summed E-state index contributed by atoms with van der Waals surface area (Å²) in [7, 11) is 0. The lowest BCUT2D eigenvalue weighted by Crippen LogP contribution is -2.09. The highest BCUT2D eigenvalue weighted by atomic mass is 14.9. The Morgan fingerprint density at radius 2 is 1.36 bits per heavy atom. The highest BCUT2D eigenvalue weighted by molar-refractivity contribution is 5.49. The lowest BCUT2D eigenvalue weighted by molar-refractivity contribution is 0.904. The topological polar surface area (TPSA) is 28.7 Å². The molecule has 0 fully saturated rings. The van der Waals surface area contributed by atoms with Gasteiger partial charge in [0.1, 0.15) is 0 Å². The van der Waals surface area contributed by atoms with Gasteiger partial charge in [-0.25, -0.2) is 4.98 Å². The Kier molecular flexibility index (Phi) is 3.84. The molecule has 3 rings (SSSR count). The van der Waals surface area contributed by atoms with Gasteiger partial charge in [-0.1, -0.05) is 36.4 Å². The van der Waals surface area contributed by atoms with Crippen LogP contribution in [-0.4, -0.2) is 9.97 Å². The van der Waals surface area contributed by atoms with Crippen LogP contribution in [0, 0.1) is 27.7 Å². The monoisotopic (exact) mass is 290 g/mol. The summed E-state index contributed by atoms with van der Waals surface area (Å²) in [6.45, 7) is 8.75. The summed E-state index contributed by atoms with van der Waals surface area (Å²) in [5.74, 6) is 0.172. The highest BCUT2D eigenvalue weighted by Gasteiger charge is 2.22. The molecule has 0 atom stereocenters. The van der Waals surface area contributed by atoms with E-state index >= 15 is 0 Å². The van der Waals surface area contributed by atoms with Gasteiger partial charge in [-0.2, -0.15) is 0 Å². The number of aromatic nitrogens is 2. The SMILES string of the molecule is Cc1cccc(C(c2c[nH]cn2)c2cccc(C)c2C)c1C. The first-order chi connectivity index (χ1) is 10.6. The average Bonchev–Trinajstić information content (AvgIpc) is 3.02. The van der Waals surface area contributed by atoms with Crippen molar-refractivity contribution in [1.82, 2.24) is 9.97 Å². The zero-order valence-corrected chi connectivity index (χ0v) is 13.6. The first kappa shape index (κ1) is 14.6. The maximum Gasteiger partial charge on any atom is 0.0923 e. The van der Waals surface area contributed by atoms with Gasteiger partial charge in [0, 0.05) is 6.20 Å². The summed E-state index contributed by atoms with van der Waals surface area (Å²) in [5, 5.41) is 0. The van der Waals surface area contributed by atoms with E-state index in [-0.39, 0.29) is 5.92 Å². The fraction of sp³-hybridized carbons (Fsp3) is 0.250. The number of rotatable bonds is 3. The van der Waals surface area contributed by atoms with Gasteiger partial charge >= 0.3 is 0 Å². The Morgan fingerprint density at radius 1 is 0.818 bits per heavy atom. The van der Waals surface area contributed by atoms with Crippen molar-refractivity contribution in [2.45, 2.75) is 33.6 Å². The minimum Gasteiger partial charge on any atom is -0.351 e. The van der Waals surface area contributed by atoms with E-state index in [1.165, 1.54) is 33.4 Å². The third kappa shape index (κ3) is 2.45. The molecule has 0 bridgehead atoms. The molecule has 1 aromatic heterocycles. The van der Waals surface area contributed by atoms with E-state index in [2.05, 4.69) is 74.1 Å². The van der Waals surface area contributed by atoms with Crippen LogP contribution in [0.25, 0.3) is 0 Å². The minimum atomic E-state index is 0.172. The van der Waals surface area contributed by atoms with Gasteiger partial charge < -0.3 is 4.98 Å². The van der Waals surface area contributed by atoms with Gasteiger partial charge in [0.15, 0.2) is 0 Å². The van der Waals surface area contributed by atoms with E-state index in [9.17, 15) is 0 Å². The fourth-order valence-electron chi connectivity index (χ4n) is 3.09. The summed E-state index contributed by atoms with van der Waals surface area (Å²) < 4.78 is 0. The number of hydrogen-bond acceptors (Lipinski definition) is 1. The molecule has 0 saturated heterocycles. The van der Waals surface area contributed by atoms with Crippen molar-refractivity contribution in [3.63, 3.8) is 0 Å². The zero-order chi connectivity index (χ0) is 15.7. The van der Waals surface area contributed by atoms with Gasteiger partial charge in [0.25, 0.3) is 0 Å². The van der Waals surface area contributed by atoms with Crippen LogP contribution in [0.2, 0.25) is 0 Å². The number of H-pyrrole nitrogens is 1. The number of imidazole rings is 1. The normalized spacial score (nSPS) is 11.1. The second-order valence-electron chi connectivity index (χ2n) is 6.01. The van der Waals surface area contributed by atoms with Crippen molar-refractivity contribution in [2.75, 3.05) is 0 Å². The smallest absolute Gasteiger partial charge is 0.0923 e. The molecular formula is C20H22N2. The lowest BCUT2D eigenvalue weighted by atomic mass is 9.82. The molecule has 3 aromatic rings. The molecule has 112 valence electrons. The van der Waals surface area contributed by atoms with Crippen molar-refractivity contribution in [2.24, 2.45) is 0 Å². The van der Waals surface area contributed by atoms with Gasteiger partial charge in [-0.15, -0.1) is 0 Å². The van der Waals surface area contributed by atoms with Crippen molar-refractivity contribution < 1.29 is 0 Å². The Hall–Kier alpha value is -2.35. The van der Waals surface area contributed by atoms with Crippen molar-refractivity contribution in [3.8, 4) is 0 Å². The Labute approximate surface area is 132 Å². The molecule has 0 aliphatic carbocycles. The van der Waals surface area contributed by atoms with Crippen molar-refractivity contribution >= 4 is 0 Å². The minimum absolute atomic E-state index is 0.172. The largest absolute Gasteiger partial charge is 0.351 e. The fourth-order valence-corrected chi connectivity index (χ4v) is 3.09. The second kappa shape index (κ2) is 5.80. The van der Waals surface area contributed by atoms with E-state index in [4.69, 9.17) is 0 Å². The molecule has 0 amide bonds. The lowest BCUT2D eigenvalue weighted by Gasteiger charge is -2.22. The molecule has 0 unspecified atom stereocenters. The predicted molar refractivity (Wildman–Crippen MR) is 91.4 cm³/mol. The molecule has 2 heteroatoms. The van der Waals surface area contributed by atoms with E-state index in [1.807, 2.05) is 6.20 Å². The number of nitrogens with zero attached hydrogens (tertiary/aromatic N) is 1. The quantitative estimate of drug-likeness (QED) is 0.735. The maximum atomic E-state index is 4.56. The standard InChI is InChI=1S/C20H22N2/c1-13-7-5-9-17(15(13)3)20(19-11-21-12-22-19)18-10-6-8-14(2)16(18)4/h5-12,20H,1-4H3,(H,21,22). The molecule has 0 radical (unpaired) electrons. The van der Waals surface area contributed by atoms with Crippen LogP contribution in [0.4, 0.5) is 0 Å². The number of benzene rings is 2. The second-order valence-corrected chi connectivity index (χ2v) is 6.01. The summed E-state index contributed by atoms with van der Waals surface area (Å²) in [6, 6.07) is 13.1. The maximum absolute atomic E-state index is 4.56. The molecule has 0 aliphatic rings. The van der Waals surface area contributed by atoms with Crippen LogP contribution in [0.1, 0.15) is 45.0 Å². The molecule has 22 heavy (non-hydrogen) atoms. The molecule has 1 N–H and O–H groups in total. The Balaban J connectivity index is 2.26. The van der Waals surface area contributed by atoms with E-state index in [1.54, 1.807) is 6.33 Å². The van der Waals surface area contributed by atoms with Crippen LogP contribution in [0.3, 0.4) is 0 Å². The first-order valence-electron chi connectivity index (χ1n) is 7.70. The number of aromatic amines is 1. The van der Waals surface area contributed by atoms with Crippen LogP contribution >= 0.6 is 0 Å². The van der Waals surface area contributed by atoms with Crippen molar-refractivity contribution in [1.29, 1.82) is 0 Å². The van der Waals surface area contributed by atoms with Gasteiger partial charge in [-0.05, 0) is 61.1 Å². The predicted octanol–water partition coefficient (Wildman–Crippen LogP) is 4.82. The molecule has 2 aromatic carbocycles. The summed E-state index contributed by atoms with van der Waals surface area (Å²) in [4.78, 5) is 7.66. The summed E-state index contributed by atoms with van der Waals surface area (Å²) >= 11 is 0. The van der Waals surface area contributed by atoms with Gasteiger partial charge in [0.2, 0.25) is 0 Å². The molecule has 2 nitrogen and oxygen atoms in total. The van der Waals surface area contributed by atoms with Crippen LogP contribution in [-0.2, 0) is 0 Å². The first-order valence-corrected chi connectivity index (χ1v) is 7.70. The van der Waals surface area contributed by atoms with E-state index in [0.717, 1.165) is 5.69 Å². The average molecular weight is 290 g/mol. The summed E-state index contributed by atoms with van der Waals surface area (Å²) in [5.41, 5.74) is 9.07. The highest BCUT2D eigenvalue weighted by Crippen LogP contribution is 2.35. The van der Waals surface area contributed by atoms with Gasteiger partial charge in [-0.3, -0.25) is 0 Å². The summed E-state index contributed by atoms with van der Waals surface area (Å²) in [6.07, 6.45) is 3.77. The molecule has 1 heterocycles.